The maximum absolute atomic E-state index is 9.60. The third kappa shape index (κ3) is 2.52. The Morgan fingerprint density at radius 1 is 1.50 bits per heavy atom. The number of hydrogen-bond donors (Lipinski definition) is 2. The summed E-state index contributed by atoms with van der Waals surface area (Å²) in [6.45, 7) is 4.00. The number of aliphatic hydroxyl groups is 2. The van der Waals surface area contributed by atoms with E-state index in [1.165, 1.54) is 7.11 Å². The van der Waals surface area contributed by atoms with Crippen molar-refractivity contribution in [3.8, 4) is 0 Å². The molecular weight excluding hydrogens is 188 g/mol. The SMILES string of the molecule is C=CCO[C@@H]1CO[C@H](OC)[C@H](O)[C@H]1O. The van der Waals surface area contributed by atoms with Gasteiger partial charge in [0, 0.05) is 7.11 Å². The topological polar surface area (TPSA) is 68.2 Å². The van der Waals surface area contributed by atoms with E-state index >= 15 is 0 Å². The van der Waals surface area contributed by atoms with Gasteiger partial charge in [0.25, 0.3) is 0 Å². The van der Waals surface area contributed by atoms with Gasteiger partial charge >= 0.3 is 0 Å². The van der Waals surface area contributed by atoms with Gasteiger partial charge in [0.05, 0.1) is 13.2 Å². The Hall–Kier alpha value is -0.460. The highest BCUT2D eigenvalue weighted by Crippen LogP contribution is 2.18. The average Bonchev–Trinajstić information content (AvgIpc) is 2.20. The molecule has 1 saturated heterocycles. The van der Waals surface area contributed by atoms with Gasteiger partial charge in [-0.25, -0.2) is 0 Å². The molecule has 0 unspecified atom stereocenters. The van der Waals surface area contributed by atoms with Crippen molar-refractivity contribution < 1.29 is 24.4 Å². The van der Waals surface area contributed by atoms with E-state index in [2.05, 4.69) is 6.58 Å². The standard InChI is InChI=1S/C9H16O5/c1-3-4-13-6-5-14-9(12-2)8(11)7(6)10/h3,6-11H,1,4-5H2,2H3/t6-,7+,8-,9+/m1/s1. The van der Waals surface area contributed by atoms with Crippen LogP contribution in [0.4, 0.5) is 0 Å². The zero-order chi connectivity index (χ0) is 10.6. The second kappa shape index (κ2) is 5.43. The van der Waals surface area contributed by atoms with E-state index in [1.807, 2.05) is 0 Å². The molecule has 0 aliphatic carbocycles. The van der Waals surface area contributed by atoms with Crippen LogP contribution in [0.15, 0.2) is 12.7 Å². The fraction of sp³-hybridized carbons (Fsp3) is 0.778. The lowest BCUT2D eigenvalue weighted by Crippen LogP contribution is -2.54. The minimum absolute atomic E-state index is 0.199. The van der Waals surface area contributed by atoms with Crippen molar-refractivity contribution in [1.29, 1.82) is 0 Å². The Bertz CT molecular complexity index is 184. The molecule has 0 amide bonds. The lowest BCUT2D eigenvalue weighted by molar-refractivity contribution is -0.267. The average molecular weight is 204 g/mol. The summed E-state index contributed by atoms with van der Waals surface area (Å²) >= 11 is 0. The molecule has 5 nitrogen and oxygen atoms in total. The number of ether oxygens (including phenoxy) is 3. The molecule has 0 aromatic rings. The van der Waals surface area contributed by atoms with Crippen LogP contribution in [0.2, 0.25) is 0 Å². The maximum atomic E-state index is 9.60. The van der Waals surface area contributed by atoms with Gasteiger partial charge in [-0.3, -0.25) is 0 Å². The first-order valence-electron chi connectivity index (χ1n) is 4.43. The van der Waals surface area contributed by atoms with Crippen LogP contribution in [0.25, 0.3) is 0 Å². The molecule has 0 spiro atoms. The lowest BCUT2D eigenvalue weighted by Gasteiger charge is -2.36. The molecule has 1 aliphatic heterocycles. The molecule has 0 bridgehead atoms. The molecule has 1 rings (SSSR count). The van der Waals surface area contributed by atoms with E-state index in [-0.39, 0.29) is 6.61 Å². The van der Waals surface area contributed by atoms with Gasteiger partial charge < -0.3 is 24.4 Å². The van der Waals surface area contributed by atoms with Gasteiger partial charge in [-0.2, -0.15) is 0 Å². The summed E-state index contributed by atoms with van der Waals surface area (Å²) in [7, 11) is 1.41. The predicted molar refractivity (Wildman–Crippen MR) is 48.7 cm³/mol. The monoisotopic (exact) mass is 204 g/mol. The molecule has 1 heterocycles. The zero-order valence-electron chi connectivity index (χ0n) is 8.13. The van der Waals surface area contributed by atoms with E-state index < -0.39 is 24.6 Å². The van der Waals surface area contributed by atoms with Crippen LogP contribution in [-0.2, 0) is 14.2 Å². The predicted octanol–water partition coefficient (Wildman–Crippen LogP) is -0.718. The molecule has 0 radical (unpaired) electrons. The largest absolute Gasteiger partial charge is 0.387 e. The summed E-state index contributed by atoms with van der Waals surface area (Å²) in [4.78, 5) is 0. The van der Waals surface area contributed by atoms with Crippen molar-refractivity contribution in [3.63, 3.8) is 0 Å². The third-order valence-corrected chi connectivity index (χ3v) is 2.09. The number of rotatable bonds is 4. The molecule has 0 saturated carbocycles. The second-order valence-corrected chi connectivity index (χ2v) is 3.08. The van der Waals surface area contributed by atoms with Crippen LogP contribution in [-0.4, -0.2) is 55.1 Å². The molecule has 0 aromatic heterocycles. The normalized spacial score (nSPS) is 38.2. The smallest absolute Gasteiger partial charge is 0.185 e. The van der Waals surface area contributed by atoms with Crippen molar-refractivity contribution in [3.05, 3.63) is 12.7 Å². The van der Waals surface area contributed by atoms with Gasteiger partial charge in [-0.05, 0) is 0 Å². The van der Waals surface area contributed by atoms with E-state index in [1.54, 1.807) is 6.08 Å². The Morgan fingerprint density at radius 3 is 2.79 bits per heavy atom. The van der Waals surface area contributed by atoms with Crippen LogP contribution >= 0.6 is 0 Å². The Balaban J connectivity index is 2.46. The number of aliphatic hydroxyl groups excluding tert-OH is 2. The van der Waals surface area contributed by atoms with Crippen LogP contribution in [0, 0.1) is 0 Å². The molecule has 0 aromatic carbocycles. The molecule has 4 atom stereocenters. The van der Waals surface area contributed by atoms with Crippen molar-refractivity contribution >= 4 is 0 Å². The molecule has 5 heteroatoms. The van der Waals surface area contributed by atoms with Gasteiger partial charge in [-0.15, -0.1) is 6.58 Å². The number of hydrogen-bond acceptors (Lipinski definition) is 5. The van der Waals surface area contributed by atoms with Crippen LogP contribution in [0.3, 0.4) is 0 Å². The van der Waals surface area contributed by atoms with E-state index in [4.69, 9.17) is 14.2 Å². The minimum Gasteiger partial charge on any atom is -0.387 e. The quantitative estimate of drug-likeness (QED) is 0.592. The van der Waals surface area contributed by atoms with Gasteiger partial charge in [0.1, 0.15) is 18.3 Å². The van der Waals surface area contributed by atoms with Gasteiger partial charge in [-0.1, -0.05) is 6.08 Å². The van der Waals surface area contributed by atoms with Crippen LogP contribution < -0.4 is 0 Å². The van der Waals surface area contributed by atoms with E-state index in [0.717, 1.165) is 0 Å². The zero-order valence-corrected chi connectivity index (χ0v) is 8.13. The minimum atomic E-state index is -1.08. The summed E-state index contributed by atoms with van der Waals surface area (Å²) in [5.74, 6) is 0. The molecule has 82 valence electrons. The summed E-state index contributed by atoms with van der Waals surface area (Å²) in [5.41, 5.74) is 0. The lowest BCUT2D eigenvalue weighted by atomic mass is 10.1. The first kappa shape index (κ1) is 11.6. The molecular formula is C9H16O5. The van der Waals surface area contributed by atoms with Gasteiger partial charge in [0.2, 0.25) is 0 Å². The van der Waals surface area contributed by atoms with Crippen LogP contribution in [0.1, 0.15) is 0 Å². The van der Waals surface area contributed by atoms with Crippen molar-refractivity contribution in [2.24, 2.45) is 0 Å². The van der Waals surface area contributed by atoms with Crippen LogP contribution in [0.5, 0.6) is 0 Å². The number of methoxy groups -OCH3 is 1. The molecule has 1 fully saturated rings. The van der Waals surface area contributed by atoms with Gasteiger partial charge in [0.15, 0.2) is 6.29 Å². The highest BCUT2D eigenvalue weighted by molar-refractivity contribution is 4.84. The van der Waals surface area contributed by atoms with E-state index in [9.17, 15) is 10.2 Å². The first-order valence-corrected chi connectivity index (χ1v) is 4.43. The molecule has 14 heavy (non-hydrogen) atoms. The Kier molecular flexibility index (Phi) is 4.50. The molecule has 1 aliphatic rings. The maximum Gasteiger partial charge on any atom is 0.185 e. The first-order chi connectivity index (χ1) is 6.70. The third-order valence-electron chi connectivity index (χ3n) is 2.09. The highest BCUT2D eigenvalue weighted by Gasteiger charge is 2.38. The van der Waals surface area contributed by atoms with Crippen molar-refractivity contribution in [1.82, 2.24) is 0 Å². The highest BCUT2D eigenvalue weighted by atomic mass is 16.7. The summed E-state index contributed by atoms with van der Waals surface area (Å²) in [6, 6.07) is 0. The fourth-order valence-corrected chi connectivity index (χ4v) is 1.31. The van der Waals surface area contributed by atoms with Crippen molar-refractivity contribution in [2.75, 3.05) is 20.3 Å². The Labute approximate surface area is 82.9 Å². The fourth-order valence-electron chi connectivity index (χ4n) is 1.31. The summed E-state index contributed by atoms with van der Waals surface area (Å²) in [6.07, 6.45) is -1.82. The molecule has 2 N–H and O–H groups in total. The second-order valence-electron chi connectivity index (χ2n) is 3.08. The van der Waals surface area contributed by atoms with Crippen molar-refractivity contribution in [2.45, 2.75) is 24.6 Å². The summed E-state index contributed by atoms with van der Waals surface area (Å²) < 4.78 is 15.1. The van der Waals surface area contributed by atoms with E-state index in [0.29, 0.717) is 6.61 Å². The Morgan fingerprint density at radius 2 is 2.21 bits per heavy atom. The summed E-state index contributed by atoms with van der Waals surface area (Å²) in [5, 5.41) is 19.1.